The quantitative estimate of drug-likeness (QED) is 0.644. The number of thiol groups is 1. The van der Waals surface area contributed by atoms with Crippen molar-refractivity contribution in [1.82, 2.24) is 4.98 Å². The lowest BCUT2D eigenvalue weighted by Crippen LogP contribution is -2.30. The molecule has 0 aromatic carbocycles. The van der Waals surface area contributed by atoms with E-state index in [4.69, 9.17) is 0 Å². The van der Waals surface area contributed by atoms with Crippen molar-refractivity contribution in [2.45, 2.75) is 13.0 Å². The van der Waals surface area contributed by atoms with Crippen LogP contribution in [0.25, 0.3) is 0 Å². The van der Waals surface area contributed by atoms with E-state index in [0.29, 0.717) is 5.75 Å². The van der Waals surface area contributed by atoms with Crippen LogP contribution in [0.4, 0.5) is 10.1 Å². The first kappa shape index (κ1) is 12.8. The molecular weight excluding hydrogens is 279 g/mol. The second-order valence-corrected chi connectivity index (χ2v) is 4.52. The Hall–Kier alpha value is -0.290. The van der Waals surface area contributed by atoms with Crippen LogP contribution >= 0.6 is 28.6 Å². The first-order valence-corrected chi connectivity index (χ1v) is 6.15. The van der Waals surface area contributed by atoms with Gasteiger partial charge >= 0.3 is 0 Å². The highest BCUT2D eigenvalue weighted by Crippen LogP contribution is 2.21. The molecule has 0 saturated carbocycles. The molecule has 0 aliphatic heterocycles. The van der Waals surface area contributed by atoms with Gasteiger partial charge in [0.15, 0.2) is 0 Å². The second kappa shape index (κ2) is 6.33. The monoisotopic (exact) mass is 292 g/mol. The molecule has 0 spiro atoms. The minimum absolute atomic E-state index is 0.0128. The van der Waals surface area contributed by atoms with E-state index in [-0.39, 0.29) is 18.6 Å². The molecule has 0 fully saturated rings. The number of nitrogens with one attached hydrogen (secondary N) is 1. The molecule has 2 atom stereocenters. The average Bonchev–Trinajstić information content (AvgIpc) is 2.27. The SMILES string of the molecule is CC(CF)[C@@H](CS)Nc1cccnc1Br. The van der Waals surface area contributed by atoms with E-state index < -0.39 is 0 Å². The molecule has 0 aliphatic rings. The summed E-state index contributed by atoms with van der Waals surface area (Å²) in [6.07, 6.45) is 1.70. The Morgan fingerprint density at radius 1 is 1.67 bits per heavy atom. The third-order valence-electron chi connectivity index (χ3n) is 2.23. The molecule has 1 N–H and O–H groups in total. The van der Waals surface area contributed by atoms with Crippen molar-refractivity contribution < 1.29 is 4.39 Å². The van der Waals surface area contributed by atoms with Gasteiger partial charge in [0.1, 0.15) is 4.60 Å². The molecule has 0 radical (unpaired) electrons. The summed E-state index contributed by atoms with van der Waals surface area (Å²) in [6.45, 7) is 1.51. The number of hydrogen-bond donors (Lipinski definition) is 2. The summed E-state index contributed by atoms with van der Waals surface area (Å²) in [5.41, 5.74) is 0.872. The summed E-state index contributed by atoms with van der Waals surface area (Å²) in [5, 5.41) is 3.22. The zero-order valence-electron chi connectivity index (χ0n) is 8.45. The third-order valence-corrected chi connectivity index (χ3v) is 3.25. The number of anilines is 1. The molecule has 0 amide bonds. The molecule has 15 heavy (non-hydrogen) atoms. The number of rotatable bonds is 5. The fraction of sp³-hybridized carbons (Fsp3) is 0.500. The molecule has 0 saturated heterocycles. The molecular formula is C10H14BrFN2S. The molecule has 1 unspecified atom stereocenters. The minimum Gasteiger partial charge on any atom is -0.379 e. The lowest BCUT2D eigenvalue weighted by molar-refractivity contribution is 0.359. The number of aromatic nitrogens is 1. The smallest absolute Gasteiger partial charge is 0.129 e. The van der Waals surface area contributed by atoms with E-state index >= 15 is 0 Å². The molecule has 5 heteroatoms. The fourth-order valence-electron chi connectivity index (χ4n) is 1.17. The van der Waals surface area contributed by atoms with Crippen LogP contribution in [0.1, 0.15) is 6.92 Å². The number of pyridine rings is 1. The molecule has 1 rings (SSSR count). The first-order valence-electron chi connectivity index (χ1n) is 4.73. The van der Waals surface area contributed by atoms with Gasteiger partial charge in [0.2, 0.25) is 0 Å². The van der Waals surface area contributed by atoms with Crippen molar-refractivity contribution in [2.24, 2.45) is 5.92 Å². The highest BCUT2D eigenvalue weighted by Gasteiger charge is 2.16. The molecule has 2 nitrogen and oxygen atoms in total. The molecule has 1 heterocycles. The lowest BCUT2D eigenvalue weighted by atomic mass is 10.1. The van der Waals surface area contributed by atoms with Gasteiger partial charge in [-0.3, -0.25) is 4.39 Å². The average molecular weight is 293 g/mol. The van der Waals surface area contributed by atoms with Gasteiger partial charge in [-0.2, -0.15) is 12.6 Å². The van der Waals surface area contributed by atoms with Crippen LogP contribution in [0.3, 0.4) is 0 Å². The van der Waals surface area contributed by atoms with Crippen LogP contribution in [-0.2, 0) is 0 Å². The van der Waals surface area contributed by atoms with E-state index in [0.717, 1.165) is 10.3 Å². The summed E-state index contributed by atoms with van der Waals surface area (Å²) in [5.74, 6) is 0.529. The molecule has 1 aromatic heterocycles. The van der Waals surface area contributed by atoms with Gasteiger partial charge in [-0.1, -0.05) is 6.92 Å². The Kier molecular flexibility index (Phi) is 5.39. The highest BCUT2D eigenvalue weighted by molar-refractivity contribution is 9.10. The van der Waals surface area contributed by atoms with Gasteiger partial charge in [-0.05, 0) is 28.1 Å². The van der Waals surface area contributed by atoms with Gasteiger partial charge < -0.3 is 5.32 Å². The van der Waals surface area contributed by atoms with Crippen molar-refractivity contribution in [3.8, 4) is 0 Å². The van der Waals surface area contributed by atoms with E-state index in [9.17, 15) is 4.39 Å². The maximum absolute atomic E-state index is 12.5. The Balaban J connectivity index is 2.71. The Bertz CT molecular complexity index is 311. The molecule has 0 aliphatic carbocycles. The van der Waals surface area contributed by atoms with Crippen molar-refractivity contribution in [3.63, 3.8) is 0 Å². The van der Waals surface area contributed by atoms with Crippen molar-refractivity contribution in [1.29, 1.82) is 0 Å². The van der Waals surface area contributed by atoms with Crippen molar-refractivity contribution in [2.75, 3.05) is 17.7 Å². The zero-order chi connectivity index (χ0) is 11.3. The van der Waals surface area contributed by atoms with Crippen LogP contribution in [0.2, 0.25) is 0 Å². The largest absolute Gasteiger partial charge is 0.379 e. The number of nitrogens with zero attached hydrogens (tertiary/aromatic N) is 1. The van der Waals surface area contributed by atoms with E-state index in [1.54, 1.807) is 6.20 Å². The van der Waals surface area contributed by atoms with Gasteiger partial charge in [0, 0.05) is 23.9 Å². The minimum atomic E-state index is -0.351. The molecule has 0 bridgehead atoms. The Morgan fingerprint density at radius 2 is 2.40 bits per heavy atom. The van der Waals surface area contributed by atoms with E-state index in [2.05, 4.69) is 38.9 Å². The summed E-state index contributed by atoms with van der Waals surface area (Å²) in [6, 6.07) is 3.75. The second-order valence-electron chi connectivity index (χ2n) is 3.41. The first-order chi connectivity index (χ1) is 7.19. The van der Waals surface area contributed by atoms with Crippen LogP contribution in [0, 0.1) is 5.92 Å². The highest BCUT2D eigenvalue weighted by atomic mass is 79.9. The van der Waals surface area contributed by atoms with Crippen LogP contribution in [-0.4, -0.2) is 23.5 Å². The standard InChI is InChI=1S/C10H14BrFN2S/c1-7(5-12)9(6-15)14-8-3-2-4-13-10(8)11/h2-4,7,9,14-15H,5-6H2,1H3/t7?,9-/m1/s1. The topological polar surface area (TPSA) is 24.9 Å². The summed E-state index contributed by atoms with van der Waals surface area (Å²) >= 11 is 7.54. The van der Waals surface area contributed by atoms with Crippen LogP contribution in [0.5, 0.6) is 0 Å². The fourth-order valence-corrected chi connectivity index (χ4v) is 1.98. The normalized spacial score (nSPS) is 14.7. The number of alkyl halides is 1. The van der Waals surface area contributed by atoms with Crippen molar-refractivity contribution in [3.05, 3.63) is 22.9 Å². The summed E-state index contributed by atoms with van der Waals surface area (Å²) in [7, 11) is 0. The Labute approximate surface area is 103 Å². The van der Waals surface area contributed by atoms with E-state index in [1.807, 2.05) is 19.1 Å². The summed E-state index contributed by atoms with van der Waals surface area (Å²) < 4.78 is 13.3. The Morgan fingerprint density at radius 3 is 2.93 bits per heavy atom. The van der Waals surface area contributed by atoms with Gasteiger partial charge in [-0.25, -0.2) is 4.98 Å². The third kappa shape index (κ3) is 3.65. The lowest BCUT2D eigenvalue weighted by Gasteiger charge is -2.22. The van der Waals surface area contributed by atoms with Crippen LogP contribution in [0.15, 0.2) is 22.9 Å². The maximum Gasteiger partial charge on any atom is 0.129 e. The maximum atomic E-state index is 12.5. The predicted molar refractivity (Wildman–Crippen MR) is 68.3 cm³/mol. The predicted octanol–water partition coefficient (Wildman–Crippen LogP) is 3.16. The van der Waals surface area contributed by atoms with Crippen LogP contribution < -0.4 is 5.32 Å². The summed E-state index contributed by atoms with van der Waals surface area (Å²) in [4.78, 5) is 4.09. The van der Waals surface area contributed by atoms with Gasteiger partial charge in [0.25, 0.3) is 0 Å². The van der Waals surface area contributed by atoms with Crippen molar-refractivity contribution >= 4 is 34.2 Å². The number of halogens is 2. The molecule has 84 valence electrons. The molecule has 1 aromatic rings. The number of hydrogen-bond acceptors (Lipinski definition) is 3. The van der Waals surface area contributed by atoms with E-state index in [1.165, 1.54) is 0 Å². The van der Waals surface area contributed by atoms with Gasteiger partial charge in [0.05, 0.1) is 12.4 Å². The van der Waals surface area contributed by atoms with Gasteiger partial charge in [-0.15, -0.1) is 0 Å². The zero-order valence-corrected chi connectivity index (χ0v) is 10.9.